The highest BCUT2D eigenvalue weighted by Gasteiger charge is 2.17. The van der Waals surface area contributed by atoms with Gasteiger partial charge in [-0.2, -0.15) is 0 Å². The van der Waals surface area contributed by atoms with Crippen LogP contribution in [0.2, 0.25) is 5.02 Å². The first-order valence-electron chi connectivity index (χ1n) is 8.49. The molecule has 0 aliphatic rings. The summed E-state index contributed by atoms with van der Waals surface area (Å²) in [5.74, 6) is 1.38. The monoisotopic (exact) mass is 461 g/mol. The molecule has 4 aromatic rings. The molecule has 0 amide bonds. The van der Waals surface area contributed by atoms with Crippen molar-refractivity contribution in [1.82, 2.24) is 9.97 Å². The molecule has 4 nitrogen and oxygen atoms in total. The molecule has 29 heavy (non-hydrogen) atoms. The maximum Gasteiger partial charge on any atom is 0.180 e. The first-order valence-corrected chi connectivity index (χ1v) is 10.5. The largest absolute Gasteiger partial charge is 0.455 e. The van der Waals surface area contributed by atoms with Gasteiger partial charge in [0.1, 0.15) is 11.4 Å². The summed E-state index contributed by atoms with van der Waals surface area (Å²) >= 11 is 9.24. The van der Waals surface area contributed by atoms with Crippen molar-refractivity contribution in [2.45, 2.75) is 16.7 Å². The Kier molecular flexibility index (Phi) is 7.03. The van der Waals surface area contributed by atoms with Crippen molar-refractivity contribution in [3.8, 4) is 22.1 Å². The number of hydrogen-bond donors (Lipinski definition) is 1. The molecule has 148 valence electrons. The number of halogens is 2. The second-order valence-corrected chi connectivity index (χ2v) is 8.49. The Morgan fingerprint density at radius 1 is 1.07 bits per heavy atom. The zero-order chi connectivity index (χ0) is 19.5. The van der Waals surface area contributed by atoms with Crippen molar-refractivity contribution >= 4 is 52.2 Å². The number of hydrogen-bond acceptors (Lipinski definition) is 6. The molecule has 0 saturated heterocycles. The summed E-state index contributed by atoms with van der Waals surface area (Å²) in [4.78, 5) is 11.8. The van der Waals surface area contributed by atoms with Crippen LogP contribution in [0, 0.1) is 6.92 Å². The van der Waals surface area contributed by atoms with Crippen molar-refractivity contribution in [3.05, 3.63) is 77.6 Å². The van der Waals surface area contributed by atoms with E-state index < -0.39 is 0 Å². The first kappa shape index (κ1) is 21.5. The number of nitrogen functional groups attached to an aromatic ring is 1. The van der Waals surface area contributed by atoms with Crippen LogP contribution in [0.1, 0.15) is 5.69 Å². The van der Waals surface area contributed by atoms with Gasteiger partial charge in [0.2, 0.25) is 0 Å². The Morgan fingerprint density at radius 2 is 1.79 bits per heavy atom. The second kappa shape index (κ2) is 9.50. The lowest BCUT2D eigenvalue weighted by Crippen LogP contribution is -1.92. The molecule has 8 heteroatoms. The number of rotatable bonds is 5. The molecule has 0 aliphatic carbocycles. The van der Waals surface area contributed by atoms with Crippen molar-refractivity contribution in [1.29, 1.82) is 0 Å². The summed E-state index contributed by atoms with van der Waals surface area (Å²) in [6.45, 7) is 1.92. The number of ether oxygens (including phenoxy) is 1. The summed E-state index contributed by atoms with van der Waals surface area (Å²) in [6, 6.07) is 19.3. The van der Waals surface area contributed by atoms with Gasteiger partial charge in [0, 0.05) is 16.0 Å². The molecule has 0 fully saturated rings. The van der Waals surface area contributed by atoms with Crippen LogP contribution < -0.4 is 10.5 Å². The molecule has 0 spiro atoms. The summed E-state index contributed by atoms with van der Waals surface area (Å²) in [6.07, 6.45) is 1.82. The van der Waals surface area contributed by atoms with Gasteiger partial charge in [0.25, 0.3) is 0 Å². The number of thiazole rings is 1. The summed E-state index contributed by atoms with van der Waals surface area (Å²) in [7, 11) is 0. The van der Waals surface area contributed by atoms with E-state index in [1.54, 1.807) is 11.8 Å². The lowest BCUT2D eigenvalue weighted by Gasteiger charge is -2.12. The summed E-state index contributed by atoms with van der Waals surface area (Å²) in [5, 5.41) is 1.21. The van der Waals surface area contributed by atoms with Gasteiger partial charge in [0.15, 0.2) is 10.9 Å². The molecule has 2 aromatic carbocycles. The van der Waals surface area contributed by atoms with Gasteiger partial charge < -0.3 is 10.5 Å². The van der Waals surface area contributed by atoms with E-state index in [1.807, 2.05) is 73.8 Å². The van der Waals surface area contributed by atoms with Crippen LogP contribution in [0.4, 0.5) is 5.13 Å². The average Bonchev–Trinajstić information content (AvgIpc) is 3.03. The Hall–Kier alpha value is -2.25. The van der Waals surface area contributed by atoms with Gasteiger partial charge in [-0.15, -0.1) is 12.4 Å². The molecule has 0 unspecified atom stereocenters. The Labute approximate surface area is 188 Å². The van der Waals surface area contributed by atoms with E-state index in [9.17, 15) is 0 Å². The van der Waals surface area contributed by atoms with Crippen molar-refractivity contribution in [2.75, 3.05) is 5.73 Å². The zero-order valence-electron chi connectivity index (χ0n) is 15.3. The van der Waals surface area contributed by atoms with Crippen LogP contribution in [0.5, 0.6) is 11.5 Å². The van der Waals surface area contributed by atoms with Crippen molar-refractivity contribution in [3.63, 3.8) is 0 Å². The van der Waals surface area contributed by atoms with Crippen LogP contribution >= 0.6 is 47.1 Å². The maximum absolute atomic E-state index is 6.30. The van der Waals surface area contributed by atoms with Crippen molar-refractivity contribution < 1.29 is 4.74 Å². The highest BCUT2D eigenvalue weighted by atomic mass is 35.5. The van der Waals surface area contributed by atoms with E-state index in [4.69, 9.17) is 22.1 Å². The smallest absolute Gasteiger partial charge is 0.180 e. The van der Waals surface area contributed by atoms with E-state index in [1.165, 1.54) is 11.3 Å². The zero-order valence-corrected chi connectivity index (χ0v) is 18.5. The highest BCUT2D eigenvalue weighted by molar-refractivity contribution is 7.99. The van der Waals surface area contributed by atoms with Crippen LogP contribution in [-0.4, -0.2) is 9.97 Å². The fourth-order valence-electron chi connectivity index (χ4n) is 2.64. The number of anilines is 1. The summed E-state index contributed by atoms with van der Waals surface area (Å²) in [5.41, 5.74) is 7.44. The first-order chi connectivity index (χ1) is 13.6. The van der Waals surface area contributed by atoms with Gasteiger partial charge >= 0.3 is 0 Å². The summed E-state index contributed by atoms with van der Waals surface area (Å²) < 4.78 is 6.17. The van der Waals surface area contributed by atoms with Gasteiger partial charge in [-0.25, -0.2) is 4.98 Å². The normalized spacial score (nSPS) is 10.4. The number of pyridine rings is 1. The SMILES string of the molecule is Cc1nc(N)sc1-c1ncc(Sc2ccccc2Cl)cc1Oc1ccccc1.Cl. The van der Waals surface area contributed by atoms with E-state index in [0.717, 1.165) is 31.8 Å². The quantitative estimate of drug-likeness (QED) is 0.342. The predicted octanol–water partition coefficient (Wildman–Crippen LogP) is 7.11. The maximum atomic E-state index is 6.30. The molecule has 0 radical (unpaired) electrons. The molecular weight excluding hydrogens is 445 g/mol. The molecule has 0 saturated carbocycles. The molecule has 2 aromatic heterocycles. The number of benzene rings is 2. The molecule has 0 atom stereocenters. The molecule has 4 rings (SSSR count). The van der Waals surface area contributed by atoms with Gasteiger partial charge in [-0.3, -0.25) is 4.98 Å². The Bertz CT molecular complexity index is 1120. The van der Waals surface area contributed by atoms with Crippen LogP contribution in [-0.2, 0) is 0 Å². The Balaban J connectivity index is 0.00000240. The van der Waals surface area contributed by atoms with Crippen LogP contribution in [0.15, 0.2) is 76.7 Å². The van der Waals surface area contributed by atoms with Crippen LogP contribution in [0.25, 0.3) is 10.6 Å². The van der Waals surface area contributed by atoms with E-state index in [2.05, 4.69) is 9.97 Å². The number of aromatic nitrogens is 2. The lowest BCUT2D eigenvalue weighted by molar-refractivity contribution is 0.481. The molecule has 0 bridgehead atoms. The topological polar surface area (TPSA) is 61.0 Å². The molecular formula is C21H17Cl2N3OS2. The third-order valence-electron chi connectivity index (χ3n) is 3.89. The van der Waals surface area contributed by atoms with E-state index in [0.29, 0.717) is 15.9 Å². The number of nitrogens with zero attached hydrogens (tertiary/aromatic N) is 2. The number of nitrogens with two attached hydrogens (primary N) is 1. The van der Waals surface area contributed by atoms with E-state index >= 15 is 0 Å². The third kappa shape index (κ3) is 5.03. The molecule has 2 N–H and O–H groups in total. The Morgan fingerprint density at radius 3 is 2.48 bits per heavy atom. The average molecular weight is 462 g/mol. The van der Waals surface area contributed by atoms with Crippen molar-refractivity contribution in [2.24, 2.45) is 0 Å². The predicted molar refractivity (Wildman–Crippen MR) is 124 cm³/mol. The minimum atomic E-state index is 0. The minimum absolute atomic E-state index is 0. The second-order valence-electron chi connectivity index (χ2n) is 5.93. The number of aryl methyl sites for hydroxylation is 1. The van der Waals surface area contributed by atoms with Gasteiger partial charge in [-0.1, -0.05) is 65.0 Å². The van der Waals surface area contributed by atoms with Gasteiger partial charge in [-0.05, 0) is 37.3 Å². The molecule has 2 heterocycles. The fraction of sp³-hybridized carbons (Fsp3) is 0.0476. The van der Waals surface area contributed by atoms with Gasteiger partial charge in [0.05, 0.1) is 15.6 Å². The minimum Gasteiger partial charge on any atom is -0.455 e. The fourth-order valence-corrected chi connectivity index (χ4v) is 4.56. The van der Waals surface area contributed by atoms with E-state index in [-0.39, 0.29) is 12.4 Å². The highest BCUT2D eigenvalue weighted by Crippen LogP contribution is 2.41. The molecule has 0 aliphatic heterocycles. The standard InChI is InChI=1S/C21H16ClN3OS2.ClH/c1-13-20(28-21(23)25-13)19-17(26-14-7-3-2-4-8-14)11-15(12-24-19)27-18-10-6-5-9-16(18)22;/h2-12H,1H3,(H2,23,25);1H. The van der Waals surface area contributed by atoms with Crippen LogP contribution in [0.3, 0.4) is 0 Å². The third-order valence-corrected chi connectivity index (χ3v) is 6.36. The number of para-hydroxylation sites is 1. The lowest BCUT2D eigenvalue weighted by atomic mass is 10.2.